The molecule has 15 heavy (non-hydrogen) atoms. The molecule has 1 aliphatic rings. The van der Waals surface area contributed by atoms with Crippen molar-refractivity contribution in [2.75, 3.05) is 27.2 Å². The van der Waals surface area contributed by atoms with Crippen LogP contribution in [-0.4, -0.2) is 38.1 Å². The highest BCUT2D eigenvalue weighted by Gasteiger charge is 2.22. The van der Waals surface area contributed by atoms with Crippen molar-refractivity contribution in [2.45, 2.75) is 26.7 Å². The van der Waals surface area contributed by atoms with Crippen molar-refractivity contribution >= 4 is 5.97 Å². The predicted octanol–water partition coefficient (Wildman–Crippen LogP) is 1.84. The summed E-state index contributed by atoms with van der Waals surface area (Å²) in [4.78, 5) is 13.8. The zero-order valence-corrected chi connectivity index (χ0v) is 10.2. The summed E-state index contributed by atoms with van der Waals surface area (Å²) < 4.78 is 4.83. The molecular formula is C12H21NO2. The van der Waals surface area contributed by atoms with Crippen LogP contribution >= 0.6 is 0 Å². The van der Waals surface area contributed by atoms with Crippen LogP contribution in [0, 0.1) is 5.92 Å². The zero-order chi connectivity index (χ0) is 11.4. The van der Waals surface area contributed by atoms with Crippen molar-refractivity contribution in [3.05, 3.63) is 11.1 Å². The molecule has 0 bridgehead atoms. The Bertz CT molecular complexity index is 269. The highest BCUT2D eigenvalue weighted by Crippen LogP contribution is 2.24. The standard InChI is InChI=1S/C12H21NO2/c1-9(2)7-10-5-6-13(3)8-11(10)12(14)15-4/h9H,5-8H2,1-4H3. The van der Waals surface area contributed by atoms with Gasteiger partial charge in [-0.05, 0) is 25.8 Å². The molecule has 0 atom stereocenters. The van der Waals surface area contributed by atoms with E-state index in [9.17, 15) is 4.79 Å². The topological polar surface area (TPSA) is 29.5 Å². The van der Waals surface area contributed by atoms with Crippen LogP contribution in [0.4, 0.5) is 0 Å². The minimum Gasteiger partial charge on any atom is -0.466 e. The second-order valence-corrected chi connectivity index (χ2v) is 4.66. The highest BCUT2D eigenvalue weighted by molar-refractivity contribution is 5.90. The lowest BCUT2D eigenvalue weighted by Gasteiger charge is -2.27. The van der Waals surface area contributed by atoms with Gasteiger partial charge in [-0.25, -0.2) is 4.79 Å². The van der Waals surface area contributed by atoms with Crippen molar-refractivity contribution in [1.82, 2.24) is 4.90 Å². The van der Waals surface area contributed by atoms with Gasteiger partial charge >= 0.3 is 5.97 Å². The number of hydrogen-bond acceptors (Lipinski definition) is 3. The monoisotopic (exact) mass is 211 g/mol. The van der Waals surface area contributed by atoms with Crippen LogP contribution in [0.3, 0.4) is 0 Å². The number of carbonyl (C=O) groups excluding carboxylic acids is 1. The quantitative estimate of drug-likeness (QED) is 0.667. The van der Waals surface area contributed by atoms with E-state index in [1.54, 1.807) is 0 Å². The molecule has 1 heterocycles. The molecule has 1 rings (SSSR count). The van der Waals surface area contributed by atoms with E-state index in [0.29, 0.717) is 5.92 Å². The molecule has 0 aliphatic carbocycles. The Labute approximate surface area is 92.1 Å². The molecule has 0 radical (unpaired) electrons. The fraction of sp³-hybridized carbons (Fsp3) is 0.750. The minimum atomic E-state index is -0.155. The van der Waals surface area contributed by atoms with Crippen molar-refractivity contribution in [2.24, 2.45) is 5.92 Å². The van der Waals surface area contributed by atoms with E-state index in [1.807, 2.05) is 7.05 Å². The largest absolute Gasteiger partial charge is 0.466 e. The molecule has 0 aromatic heterocycles. The van der Waals surface area contributed by atoms with Gasteiger partial charge in [0.1, 0.15) is 0 Å². The molecule has 0 aromatic rings. The smallest absolute Gasteiger partial charge is 0.335 e. The molecule has 1 aliphatic heterocycles. The van der Waals surface area contributed by atoms with Crippen LogP contribution in [-0.2, 0) is 9.53 Å². The Morgan fingerprint density at radius 1 is 1.53 bits per heavy atom. The van der Waals surface area contributed by atoms with Gasteiger partial charge in [-0.3, -0.25) is 0 Å². The van der Waals surface area contributed by atoms with E-state index in [-0.39, 0.29) is 5.97 Å². The van der Waals surface area contributed by atoms with E-state index in [1.165, 1.54) is 12.7 Å². The third-order valence-electron chi connectivity index (χ3n) is 2.74. The van der Waals surface area contributed by atoms with Crippen molar-refractivity contribution in [3.8, 4) is 0 Å². The van der Waals surface area contributed by atoms with Gasteiger partial charge in [0.25, 0.3) is 0 Å². The van der Waals surface area contributed by atoms with Crippen LogP contribution in [0.1, 0.15) is 26.7 Å². The molecule has 0 N–H and O–H groups in total. The SMILES string of the molecule is COC(=O)C1=C(CC(C)C)CCN(C)C1. The van der Waals surface area contributed by atoms with Crippen molar-refractivity contribution in [3.63, 3.8) is 0 Å². The molecule has 0 amide bonds. The number of hydrogen-bond donors (Lipinski definition) is 0. The Kier molecular flexibility index (Phi) is 4.33. The Balaban J connectivity index is 2.85. The summed E-state index contributed by atoms with van der Waals surface area (Å²) in [5.41, 5.74) is 2.16. The zero-order valence-electron chi connectivity index (χ0n) is 10.2. The first-order chi connectivity index (χ1) is 7.04. The van der Waals surface area contributed by atoms with Gasteiger partial charge in [-0.1, -0.05) is 19.4 Å². The number of methoxy groups -OCH3 is 1. The number of ether oxygens (including phenoxy) is 1. The summed E-state index contributed by atoms with van der Waals surface area (Å²) in [5, 5.41) is 0. The first kappa shape index (κ1) is 12.2. The van der Waals surface area contributed by atoms with Crippen LogP contribution in [0.15, 0.2) is 11.1 Å². The molecule has 0 unspecified atom stereocenters. The van der Waals surface area contributed by atoms with Gasteiger partial charge in [0.2, 0.25) is 0 Å². The molecule has 0 saturated heterocycles. The van der Waals surface area contributed by atoms with Crippen LogP contribution in [0.2, 0.25) is 0 Å². The fourth-order valence-corrected chi connectivity index (χ4v) is 1.99. The van der Waals surface area contributed by atoms with Crippen molar-refractivity contribution < 1.29 is 9.53 Å². The van der Waals surface area contributed by atoms with Crippen LogP contribution in [0.25, 0.3) is 0 Å². The molecule has 3 nitrogen and oxygen atoms in total. The summed E-state index contributed by atoms with van der Waals surface area (Å²) in [6.07, 6.45) is 2.01. The lowest BCUT2D eigenvalue weighted by Crippen LogP contribution is -2.31. The predicted molar refractivity (Wildman–Crippen MR) is 60.6 cm³/mol. The first-order valence-corrected chi connectivity index (χ1v) is 5.52. The van der Waals surface area contributed by atoms with Gasteiger partial charge in [-0.15, -0.1) is 0 Å². The molecule has 0 spiro atoms. The first-order valence-electron chi connectivity index (χ1n) is 5.52. The summed E-state index contributed by atoms with van der Waals surface area (Å²) in [7, 11) is 3.49. The van der Waals surface area contributed by atoms with Gasteiger partial charge in [0, 0.05) is 13.1 Å². The molecule has 0 aromatic carbocycles. The number of esters is 1. The number of rotatable bonds is 3. The second-order valence-electron chi connectivity index (χ2n) is 4.66. The summed E-state index contributed by atoms with van der Waals surface area (Å²) in [6.45, 7) is 6.14. The average molecular weight is 211 g/mol. The Hall–Kier alpha value is -0.830. The maximum absolute atomic E-state index is 11.6. The number of likely N-dealkylation sites (N-methyl/N-ethyl adjacent to an activating group) is 1. The normalized spacial score (nSPS) is 18.5. The summed E-state index contributed by atoms with van der Waals surface area (Å²) >= 11 is 0. The molecular weight excluding hydrogens is 190 g/mol. The van der Waals surface area contributed by atoms with Gasteiger partial charge in [0.05, 0.1) is 12.7 Å². The lowest BCUT2D eigenvalue weighted by atomic mass is 9.92. The Morgan fingerprint density at radius 3 is 2.73 bits per heavy atom. The van der Waals surface area contributed by atoms with Crippen LogP contribution < -0.4 is 0 Å². The van der Waals surface area contributed by atoms with Gasteiger partial charge in [0.15, 0.2) is 0 Å². The van der Waals surface area contributed by atoms with E-state index < -0.39 is 0 Å². The van der Waals surface area contributed by atoms with Crippen LogP contribution in [0.5, 0.6) is 0 Å². The maximum atomic E-state index is 11.6. The van der Waals surface area contributed by atoms with Crippen molar-refractivity contribution in [1.29, 1.82) is 0 Å². The summed E-state index contributed by atoms with van der Waals surface area (Å²) in [5.74, 6) is 0.445. The molecule has 86 valence electrons. The highest BCUT2D eigenvalue weighted by atomic mass is 16.5. The number of nitrogens with zero attached hydrogens (tertiary/aromatic N) is 1. The van der Waals surface area contributed by atoms with E-state index in [4.69, 9.17) is 4.74 Å². The van der Waals surface area contributed by atoms with Gasteiger partial charge < -0.3 is 9.64 Å². The molecule has 0 fully saturated rings. The van der Waals surface area contributed by atoms with E-state index >= 15 is 0 Å². The summed E-state index contributed by atoms with van der Waals surface area (Å²) in [6, 6.07) is 0. The third-order valence-corrected chi connectivity index (χ3v) is 2.74. The van der Waals surface area contributed by atoms with Gasteiger partial charge in [-0.2, -0.15) is 0 Å². The second kappa shape index (κ2) is 5.31. The molecule has 0 saturated carbocycles. The van der Waals surface area contributed by atoms with E-state index in [0.717, 1.165) is 31.5 Å². The number of carbonyl (C=O) groups is 1. The lowest BCUT2D eigenvalue weighted by molar-refractivity contribution is -0.136. The maximum Gasteiger partial charge on any atom is 0.335 e. The minimum absolute atomic E-state index is 0.155. The fourth-order valence-electron chi connectivity index (χ4n) is 1.99. The third kappa shape index (κ3) is 3.34. The average Bonchev–Trinajstić information content (AvgIpc) is 2.19. The van der Waals surface area contributed by atoms with E-state index in [2.05, 4.69) is 18.7 Å². The molecule has 3 heteroatoms. The Morgan fingerprint density at radius 2 is 2.20 bits per heavy atom.